The summed E-state index contributed by atoms with van der Waals surface area (Å²) in [6, 6.07) is 0. The van der Waals surface area contributed by atoms with E-state index in [-0.39, 0.29) is 35.8 Å². The maximum atomic E-state index is 13.3. The molecule has 158 valence electrons. The van der Waals surface area contributed by atoms with Gasteiger partial charge in [-0.25, -0.2) is 4.98 Å². The van der Waals surface area contributed by atoms with E-state index < -0.39 is 5.41 Å². The zero-order chi connectivity index (χ0) is 21.6. The largest absolute Gasteiger partial charge is 0.396 e. The van der Waals surface area contributed by atoms with E-state index in [1.807, 2.05) is 0 Å². The van der Waals surface area contributed by atoms with E-state index in [1.54, 1.807) is 23.6 Å². The van der Waals surface area contributed by atoms with E-state index in [1.165, 1.54) is 25.5 Å². The van der Waals surface area contributed by atoms with Gasteiger partial charge >= 0.3 is 0 Å². The number of likely N-dealkylation sites (tertiary alicyclic amines) is 2. The van der Waals surface area contributed by atoms with Gasteiger partial charge in [-0.1, -0.05) is 0 Å². The van der Waals surface area contributed by atoms with Crippen LogP contribution < -0.4 is 0 Å². The normalized spacial score (nSPS) is 23.0. The maximum absolute atomic E-state index is 13.3. The minimum Gasteiger partial charge on any atom is -0.396 e. The second-order valence-electron chi connectivity index (χ2n) is 8.36. The molecule has 0 radical (unpaired) electrons. The van der Waals surface area contributed by atoms with Gasteiger partial charge in [0.25, 0.3) is 11.8 Å². The van der Waals surface area contributed by atoms with Crippen molar-refractivity contribution in [2.24, 2.45) is 11.3 Å². The highest BCUT2D eigenvalue weighted by Crippen LogP contribution is 2.43. The molecular formula is C21H25N5O4. The van der Waals surface area contributed by atoms with Crippen LogP contribution in [0.15, 0.2) is 18.6 Å². The molecule has 2 fully saturated rings. The van der Waals surface area contributed by atoms with Crippen LogP contribution >= 0.6 is 0 Å². The van der Waals surface area contributed by atoms with E-state index in [0.29, 0.717) is 48.7 Å². The molecular weight excluding hydrogens is 386 g/mol. The number of aliphatic hydroxyl groups is 1. The standard InChI is InChI=1S/C21H25N5O4/c1-12-17(13(2)24-18(12)14(3)28)20(30)26-8-15-7-25(9-21(15,10-26)11-27)19(29)16-6-22-4-5-23-16/h4-6,15,24,27H,7-11H2,1-3H3/t15-,21+/m1/s1. The van der Waals surface area contributed by atoms with E-state index in [9.17, 15) is 19.5 Å². The Morgan fingerprint density at radius 3 is 2.33 bits per heavy atom. The number of nitrogens with one attached hydrogen (secondary N) is 1. The molecule has 0 saturated carbocycles. The lowest BCUT2D eigenvalue weighted by atomic mass is 9.82. The molecule has 9 heteroatoms. The Labute approximate surface area is 174 Å². The number of aryl methyl sites for hydroxylation is 1. The highest BCUT2D eigenvalue weighted by atomic mass is 16.3. The quantitative estimate of drug-likeness (QED) is 0.719. The number of ketones is 1. The molecule has 2 saturated heterocycles. The van der Waals surface area contributed by atoms with Crippen LogP contribution in [-0.4, -0.2) is 80.2 Å². The average molecular weight is 411 g/mol. The Morgan fingerprint density at radius 1 is 1.17 bits per heavy atom. The number of fused-ring (bicyclic) bond motifs is 1. The fourth-order valence-corrected chi connectivity index (χ4v) is 4.87. The monoisotopic (exact) mass is 411 g/mol. The smallest absolute Gasteiger partial charge is 0.274 e. The third-order valence-electron chi connectivity index (χ3n) is 6.43. The number of aliphatic hydroxyl groups excluding tert-OH is 1. The highest BCUT2D eigenvalue weighted by Gasteiger charge is 2.54. The van der Waals surface area contributed by atoms with E-state index in [2.05, 4.69) is 15.0 Å². The van der Waals surface area contributed by atoms with Crippen LogP contribution in [0, 0.1) is 25.2 Å². The molecule has 2 aliphatic rings. The number of hydrogen-bond acceptors (Lipinski definition) is 6. The van der Waals surface area contributed by atoms with Gasteiger partial charge in [-0.15, -0.1) is 0 Å². The van der Waals surface area contributed by atoms with Gasteiger partial charge in [0.05, 0.1) is 24.1 Å². The predicted octanol–water partition coefficient (Wildman–Crippen LogP) is 0.831. The van der Waals surface area contributed by atoms with Crippen molar-refractivity contribution in [2.75, 3.05) is 32.8 Å². The van der Waals surface area contributed by atoms with Crippen molar-refractivity contribution in [3.05, 3.63) is 46.8 Å². The number of carbonyl (C=O) groups excluding carboxylic acids is 3. The minimum atomic E-state index is -0.560. The van der Waals surface area contributed by atoms with Crippen molar-refractivity contribution < 1.29 is 19.5 Å². The lowest BCUT2D eigenvalue weighted by Crippen LogP contribution is -2.40. The maximum Gasteiger partial charge on any atom is 0.274 e. The third kappa shape index (κ3) is 3.09. The Balaban J connectivity index is 1.54. The molecule has 0 unspecified atom stereocenters. The first kappa shape index (κ1) is 20.2. The molecule has 30 heavy (non-hydrogen) atoms. The number of H-pyrrole nitrogens is 1. The molecule has 0 aliphatic carbocycles. The molecule has 0 aromatic carbocycles. The van der Waals surface area contributed by atoms with Crippen LogP contribution in [0.3, 0.4) is 0 Å². The molecule has 2 aliphatic heterocycles. The Morgan fingerprint density at radius 2 is 1.83 bits per heavy atom. The van der Waals surface area contributed by atoms with Crippen LogP contribution in [0.2, 0.25) is 0 Å². The zero-order valence-electron chi connectivity index (χ0n) is 17.3. The Kier molecular flexibility index (Phi) is 4.93. The van der Waals surface area contributed by atoms with Crippen LogP contribution in [0.25, 0.3) is 0 Å². The number of Topliss-reactive ketones (excluding diaryl/α,β-unsaturated/α-hetero) is 1. The van der Waals surface area contributed by atoms with Crippen molar-refractivity contribution in [3.8, 4) is 0 Å². The fourth-order valence-electron chi connectivity index (χ4n) is 4.87. The topological polar surface area (TPSA) is 119 Å². The van der Waals surface area contributed by atoms with E-state index >= 15 is 0 Å². The Bertz CT molecular complexity index is 1020. The molecule has 2 atom stereocenters. The number of rotatable bonds is 4. The molecule has 4 heterocycles. The summed E-state index contributed by atoms with van der Waals surface area (Å²) in [5, 5.41) is 10.2. The molecule has 0 spiro atoms. The SMILES string of the molecule is CC(=O)c1[nH]c(C)c(C(=O)N2C[C@H]3CN(C(=O)c4cnccn4)C[C@@]3(CO)C2)c1C. The number of nitrogens with zero attached hydrogens (tertiary/aromatic N) is 4. The summed E-state index contributed by atoms with van der Waals surface area (Å²) in [5.41, 5.74) is 1.99. The van der Waals surface area contributed by atoms with Gasteiger partial charge in [0.15, 0.2) is 5.78 Å². The molecule has 2 N–H and O–H groups in total. The van der Waals surface area contributed by atoms with Crippen molar-refractivity contribution in [2.45, 2.75) is 20.8 Å². The van der Waals surface area contributed by atoms with Gasteiger partial charge in [0.2, 0.25) is 0 Å². The highest BCUT2D eigenvalue weighted by molar-refractivity contribution is 6.02. The number of aromatic amines is 1. The second-order valence-corrected chi connectivity index (χ2v) is 8.36. The van der Waals surface area contributed by atoms with E-state index in [4.69, 9.17) is 0 Å². The molecule has 2 aromatic heterocycles. The van der Waals surface area contributed by atoms with Crippen molar-refractivity contribution in [3.63, 3.8) is 0 Å². The molecule has 2 aromatic rings. The van der Waals surface area contributed by atoms with E-state index in [0.717, 1.165) is 0 Å². The lowest BCUT2D eigenvalue weighted by Gasteiger charge is -2.27. The second kappa shape index (κ2) is 7.32. The van der Waals surface area contributed by atoms with Gasteiger partial charge in [0.1, 0.15) is 5.69 Å². The van der Waals surface area contributed by atoms with Gasteiger partial charge in [-0.3, -0.25) is 19.4 Å². The third-order valence-corrected chi connectivity index (χ3v) is 6.43. The van der Waals surface area contributed by atoms with Crippen LogP contribution in [-0.2, 0) is 0 Å². The minimum absolute atomic E-state index is 0.0288. The summed E-state index contributed by atoms with van der Waals surface area (Å²) >= 11 is 0. The summed E-state index contributed by atoms with van der Waals surface area (Å²) in [6.45, 7) is 6.52. The average Bonchev–Trinajstić information content (AvgIpc) is 3.36. The first-order chi connectivity index (χ1) is 14.3. The van der Waals surface area contributed by atoms with Crippen LogP contribution in [0.1, 0.15) is 49.5 Å². The van der Waals surface area contributed by atoms with Gasteiger partial charge < -0.3 is 19.9 Å². The number of carbonyl (C=O) groups is 3. The van der Waals surface area contributed by atoms with Gasteiger partial charge in [0, 0.05) is 62.5 Å². The summed E-state index contributed by atoms with van der Waals surface area (Å²) < 4.78 is 0. The predicted molar refractivity (Wildman–Crippen MR) is 107 cm³/mol. The first-order valence-electron chi connectivity index (χ1n) is 9.93. The van der Waals surface area contributed by atoms with Crippen molar-refractivity contribution >= 4 is 17.6 Å². The van der Waals surface area contributed by atoms with Crippen molar-refractivity contribution in [1.29, 1.82) is 0 Å². The van der Waals surface area contributed by atoms with Crippen LogP contribution in [0.5, 0.6) is 0 Å². The first-order valence-corrected chi connectivity index (χ1v) is 9.93. The molecule has 4 rings (SSSR count). The lowest BCUT2D eigenvalue weighted by molar-refractivity contribution is 0.0663. The summed E-state index contributed by atoms with van der Waals surface area (Å²) in [4.78, 5) is 52.3. The van der Waals surface area contributed by atoms with Gasteiger partial charge in [-0.05, 0) is 19.4 Å². The molecule has 0 bridgehead atoms. The molecule has 9 nitrogen and oxygen atoms in total. The Hall–Kier alpha value is -3.07. The summed E-state index contributed by atoms with van der Waals surface area (Å²) in [6.07, 6.45) is 4.42. The number of aromatic nitrogens is 3. The van der Waals surface area contributed by atoms with Crippen molar-refractivity contribution in [1.82, 2.24) is 24.8 Å². The summed E-state index contributed by atoms with van der Waals surface area (Å²) in [5.74, 6) is -0.508. The molecule has 2 amide bonds. The number of amides is 2. The van der Waals surface area contributed by atoms with Crippen LogP contribution in [0.4, 0.5) is 0 Å². The fraction of sp³-hybridized carbons (Fsp3) is 0.476. The zero-order valence-corrected chi connectivity index (χ0v) is 17.3. The number of hydrogen-bond donors (Lipinski definition) is 2. The van der Waals surface area contributed by atoms with Gasteiger partial charge in [-0.2, -0.15) is 0 Å². The summed E-state index contributed by atoms with van der Waals surface area (Å²) in [7, 11) is 0.